The standard InChI is InChI=1S/C12H13N3S/c1-2-6-13-10(3-1)11-8-16-12(15-11)14-7-9-4-5-9/h1-3,6,8-9H,4-5,7H2,(H,14,15). The molecule has 0 bridgehead atoms. The van der Waals surface area contributed by atoms with E-state index in [2.05, 4.69) is 20.7 Å². The Hall–Kier alpha value is -1.42. The fraction of sp³-hybridized carbons (Fsp3) is 0.333. The van der Waals surface area contributed by atoms with E-state index in [0.717, 1.165) is 29.0 Å². The lowest BCUT2D eigenvalue weighted by molar-refractivity contribution is 0.887. The molecule has 1 N–H and O–H groups in total. The van der Waals surface area contributed by atoms with Gasteiger partial charge in [0.25, 0.3) is 0 Å². The van der Waals surface area contributed by atoms with Crippen LogP contribution in [0.15, 0.2) is 29.8 Å². The summed E-state index contributed by atoms with van der Waals surface area (Å²) in [4.78, 5) is 8.81. The van der Waals surface area contributed by atoms with Crippen molar-refractivity contribution < 1.29 is 0 Å². The maximum absolute atomic E-state index is 4.53. The van der Waals surface area contributed by atoms with E-state index < -0.39 is 0 Å². The molecular formula is C12H13N3S. The number of hydrogen-bond acceptors (Lipinski definition) is 4. The number of thiazole rings is 1. The maximum atomic E-state index is 4.53. The van der Waals surface area contributed by atoms with E-state index in [9.17, 15) is 0 Å². The minimum atomic E-state index is 0.877. The number of anilines is 1. The summed E-state index contributed by atoms with van der Waals surface area (Å²) in [6.07, 6.45) is 4.53. The summed E-state index contributed by atoms with van der Waals surface area (Å²) in [5, 5.41) is 6.44. The first-order chi connectivity index (χ1) is 7.92. The zero-order valence-corrected chi connectivity index (χ0v) is 9.70. The van der Waals surface area contributed by atoms with E-state index in [-0.39, 0.29) is 0 Å². The van der Waals surface area contributed by atoms with Crippen LogP contribution in [0.1, 0.15) is 12.8 Å². The molecule has 0 radical (unpaired) electrons. The molecule has 82 valence electrons. The van der Waals surface area contributed by atoms with Gasteiger partial charge in [0.2, 0.25) is 0 Å². The van der Waals surface area contributed by atoms with Crippen molar-refractivity contribution in [2.75, 3.05) is 11.9 Å². The number of nitrogens with one attached hydrogen (secondary N) is 1. The Morgan fingerprint density at radius 1 is 1.31 bits per heavy atom. The minimum absolute atomic E-state index is 0.877. The van der Waals surface area contributed by atoms with Gasteiger partial charge in [0.05, 0.1) is 5.69 Å². The highest BCUT2D eigenvalue weighted by atomic mass is 32.1. The van der Waals surface area contributed by atoms with Gasteiger partial charge in [-0.3, -0.25) is 4.98 Å². The number of hydrogen-bond donors (Lipinski definition) is 1. The predicted molar refractivity (Wildman–Crippen MR) is 66.6 cm³/mol. The number of pyridine rings is 1. The average Bonchev–Trinajstić information content (AvgIpc) is 3.05. The predicted octanol–water partition coefficient (Wildman–Crippen LogP) is 3.03. The zero-order chi connectivity index (χ0) is 10.8. The van der Waals surface area contributed by atoms with Crippen molar-refractivity contribution in [3.63, 3.8) is 0 Å². The number of nitrogens with zero attached hydrogens (tertiary/aromatic N) is 2. The van der Waals surface area contributed by atoms with Crippen LogP contribution < -0.4 is 5.32 Å². The van der Waals surface area contributed by atoms with Crippen molar-refractivity contribution in [1.29, 1.82) is 0 Å². The van der Waals surface area contributed by atoms with Crippen LogP contribution in [-0.2, 0) is 0 Å². The third-order valence-electron chi connectivity index (χ3n) is 2.67. The minimum Gasteiger partial charge on any atom is -0.361 e. The summed E-state index contributed by atoms with van der Waals surface area (Å²) in [5.41, 5.74) is 1.90. The third kappa shape index (κ3) is 2.22. The van der Waals surface area contributed by atoms with E-state index in [1.54, 1.807) is 17.5 Å². The van der Waals surface area contributed by atoms with E-state index >= 15 is 0 Å². The second kappa shape index (κ2) is 4.22. The molecule has 3 nitrogen and oxygen atoms in total. The monoisotopic (exact) mass is 231 g/mol. The summed E-state index contributed by atoms with van der Waals surface area (Å²) < 4.78 is 0. The summed E-state index contributed by atoms with van der Waals surface area (Å²) in [6, 6.07) is 5.89. The highest BCUT2D eigenvalue weighted by molar-refractivity contribution is 7.14. The second-order valence-electron chi connectivity index (χ2n) is 4.08. The van der Waals surface area contributed by atoms with Gasteiger partial charge >= 0.3 is 0 Å². The lowest BCUT2D eigenvalue weighted by Crippen LogP contribution is -2.02. The zero-order valence-electron chi connectivity index (χ0n) is 8.89. The van der Waals surface area contributed by atoms with Crippen molar-refractivity contribution in [2.24, 2.45) is 5.92 Å². The van der Waals surface area contributed by atoms with Gasteiger partial charge in [-0.05, 0) is 30.9 Å². The first-order valence-corrected chi connectivity index (χ1v) is 6.40. The normalized spacial score (nSPS) is 15.0. The molecule has 3 rings (SSSR count). The van der Waals surface area contributed by atoms with Gasteiger partial charge in [0, 0.05) is 18.1 Å². The third-order valence-corrected chi connectivity index (χ3v) is 3.47. The Balaban J connectivity index is 1.71. The maximum Gasteiger partial charge on any atom is 0.183 e. The van der Waals surface area contributed by atoms with Gasteiger partial charge in [0.15, 0.2) is 5.13 Å². The second-order valence-corrected chi connectivity index (χ2v) is 4.94. The molecule has 2 heterocycles. The van der Waals surface area contributed by atoms with E-state index in [4.69, 9.17) is 0 Å². The summed E-state index contributed by atoms with van der Waals surface area (Å²) >= 11 is 1.65. The van der Waals surface area contributed by atoms with Crippen LogP contribution in [0.3, 0.4) is 0 Å². The molecule has 1 saturated carbocycles. The van der Waals surface area contributed by atoms with Crippen molar-refractivity contribution in [2.45, 2.75) is 12.8 Å². The van der Waals surface area contributed by atoms with Crippen LogP contribution in [0.25, 0.3) is 11.4 Å². The van der Waals surface area contributed by atoms with E-state index in [1.165, 1.54) is 12.8 Å². The fourth-order valence-electron chi connectivity index (χ4n) is 1.54. The van der Waals surface area contributed by atoms with Gasteiger partial charge in [-0.15, -0.1) is 11.3 Å². The quantitative estimate of drug-likeness (QED) is 0.879. The molecule has 1 fully saturated rings. The van der Waals surface area contributed by atoms with Gasteiger partial charge in [-0.25, -0.2) is 4.98 Å². The van der Waals surface area contributed by atoms with E-state index in [1.807, 2.05) is 18.2 Å². The van der Waals surface area contributed by atoms with Crippen LogP contribution in [0.5, 0.6) is 0 Å². The molecule has 1 aliphatic carbocycles. The topological polar surface area (TPSA) is 37.8 Å². The Morgan fingerprint density at radius 3 is 3.00 bits per heavy atom. The first kappa shape index (κ1) is 9.78. The van der Waals surface area contributed by atoms with Gasteiger partial charge in [-0.1, -0.05) is 6.07 Å². The summed E-state index contributed by atoms with van der Waals surface area (Å²) in [5.74, 6) is 0.877. The molecule has 0 aliphatic heterocycles. The van der Waals surface area contributed by atoms with Crippen LogP contribution in [0, 0.1) is 5.92 Å². The Kier molecular flexibility index (Phi) is 2.58. The highest BCUT2D eigenvalue weighted by Gasteiger charge is 2.21. The SMILES string of the molecule is c1ccc(-c2csc(NCC3CC3)n2)nc1. The van der Waals surface area contributed by atoms with Crippen LogP contribution in [0.4, 0.5) is 5.13 Å². The molecule has 4 heteroatoms. The van der Waals surface area contributed by atoms with Gasteiger partial charge < -0.3 is 5.32 Å². The molecule has 0 unspecified atom stereocenters. The fourth-order valence-corrected chi connectivity index (χ4v) is 2.25. The molecule has 0 spiro atoms. The molecule has 0 amide bonds. The highest BCUT2D eigenvalue weighted by Crippen LogP contribution is 2.30. The van der Waals surface area contributed by atoms with Crippen LogP contribution in [-0.4, -0.2) is 16.5 Å². The molecule has 2 aromatic heterocycles. The van der Waals surface area contributed by atoms with Crippen LogP contribution in [0.2, 0.25) is 0 Å². The molecule has 1 aliphatic rings. The Morgan fingerprint density at radius 2 is 2.25 bits per heavy atom. The first-order valence-electron chi connectivity index (χ1n) is 5.52. The van der Waals surface area contributed by atoms with E-state index in [0.29, 0.717) is 0 Å². The summed E-state index contributed by atoms with van der Waals surface area (Å²) in [6.45, 7) is 1.06. The van der Waals surface area contributed by atoms with Gasteiger partial charge in [-0.2, -0.15) is 0 Å². The van der Waals surface area contributed by atoms with Crippen molar-refractivity contribution >= 4 is 16.5 Å². The van der Waals surface area contributed by atoms with Crippen molar-refractivity contribution in [1.82, 2.24) is 9.97 Å². The Bertz CT molecular complexity index is 462. The molecule has 2 aromatic rings. The Labute approximate surface area is 98.6 Å². The molecule has 0 saturated heterocycles. The average molecular weight is 231 g/mol. The lowest BCUT2D eigenvalue weighted by atomic mass is 10.3. The van der Waals surface area contributed by atoms with Crippen molar-refractivity contribution in [3.8, 4) is 11.4 Å². The van der Waals surface area contributed by atoms with Crippen molar-refractivity contribution in [3.05, 3.63) is 29.8 Å². The van der Waals surface area contributed by atoms with Crippen LogP contribution >= 0.6 is 11.3 Å². The molecule has 0 atom stereocenters. The lowest BCUT2D eigenvalue weighted by Gasteiger charge is -1.98. The molecule has 0 aromatic carbocycles. The largest absolute Gasteiger partial charge is 0.361 e. The molecule has 16 heavy (non-hydrogen) atoms. The number of rotatable bonds is 4. The summed E-state index contributed by atoms with van der Waals surface area (Å²) in [7, 11) is 0. The van der Waals surface area contributed by atoms with Gasteiger partial charge in [0.1, 0.15) is 5.69 Å². The smallest absolute Gasteiger partial charge is 0.183 e. The molecular weight excluding hydrogens is 218 g/mol. The number of aromatic nitrogens is 2.